The molecule has 0 unspecified atom stereocenters. The fourth-order valence-corrected chi connectivity index (χ4v) is 4.68. The van der Waals surface area contributed by atoms with E-state index < -0.39 is 0 Å². The third kappa shape index (κ3) is 4.94. The maximum atomic E-state index is 12.4. The molecule has 0 atom stereocenters. The van der Waals surface area contributed by atoms with E-state index in [9.17, 15) is 9.59 Å². The first-order chi connectivity index (χ1) is 11.8. The molecule has 0 aromatic carbocycles. The van der Waals surface area contributed by atoms with E-state index in [1.807, 2.05) is 4.90 Å². The van der Waals surface area contributed by atoms with Gasteiger partial charge in [0.1, 0.15) is 0 Å². The van der Waals surface area contributed by atoms with Crippen LogP contribution in [0.1, 0.15) is 57.8 Å². The number of nitrogens with zero attached hydrogens (tertiary/aromatic N) is 2. The molecular weight excluding hydrogens is 318 g/mol. The zero-order chi connectivity index (χ0) is 18.5. The van der Waals surface area contributed by atoms with Crippen molar-refractivity contribution < 1.29 is 14.3 Å². The van der Waals surface area contributed by atoms with Crippen LogP contribution in [0.2, 0.25) is 0 Å². The molecule has 1 spiro atoms. The van der Waals surface area contributed by atoms with Gasteiger partial charge in [0.25, 0.3) is 0 Å². The zero-order valence-electron chi connectivity index (χ0n) is 16.2. The van der Waals surface area contributed by atoms with Crippen LogP contribution < -0.4 is 5.73 Å². The molecule has 6 heteroatoms. The molecule has 1 saturated heterocycles. The molecule has 1 aliphatic heterocycles. The van der Waals surface area contributed by atoms with Crippen LogP contribution in [-0.2, 0) is 14.3 Å². The van der Waals surface area contributed by atoms with Crippen LogP contribution in [-0.4, -0.2) is 68.1 Å². The summed E-state index contributed by atoms with van der Waals surface area (Å²) in [5.41, 5.74) is 5.59. The third-order valence-corrected chi connectivity index (χ3v) is 6.44. The van der Waals surface area contributed by atoms with E-state index in [4.69, 9.17) is 10.5 Å². The number of amides is 2. The first-order valence-electron chi connectivity index (χ1n) is 9.55. The van der Waals surface area contributed by atoms with Gasteiger partial charge in [-0.25, -0.2) is 0 Å². The molecule has 2 aliphatic rings. The average molecular weight is 354 g/mol. The van der Waals surface area contributed by atoms with E-state index in [-0.39, 0.29) is 22.8 Å². The van der Waals surface area contributed by atoms with Crippen LogP contribution in [0.5, 0.6) is 0 Å². The Hall–Kier alpha value is -1.14. The van der Waals surface area contributed by atoms with E-state index in [1.54, 1.807) is 7.11 Å². The molecule has 0 aromatic heterocycles. The second-order valence-electron chi connectivity index (χ2n) is 8.28. The van der Waals surface area contributed by atoms with Crippen LogP contribution >= 0.6 is 0 Å². The van der Waals surface area contributed by atoms with Crippen molar-refractivity contribution in [2.24, 2.45) is 11.1 Å². The predicted octanol–water partition coefficient (Wildman–Crippen LogP) is 1.77. The number of nitrogens with two attached hydrogens (primary N) is 1. The Morgan fingerprint density at radius 3 is 2.48 bits per heavy atom. The third-order valence-electron chi connectivity index (χ3n) is 6.44. The molecule has 2 fully saturated rings. The summed E-state index contributed by atoms with van der Waals surface area (Å²) in [5, 5.41) is 0. The van der Waals surface area contributed by atoms with Gasteiger partial charge in [0, 0.05) is 45.2 Å². The number of likely N-dealkylation sites (tertiary alicyclic amines) is 1. The lowest BCUT2D eigenvalue weighted by molar-refractivity contribution is -0.128. The number of carbonyl (C=O) groups is 2. The van der Waals surface area contributed by atoms with E-state index in [1.165, 1.54) is 0 Å². The predicted molar refractivity (Wildman–Crippen MR) is 98.1 cm³/mol. The summed E-state index contributed by atoms with van der Waals surface area (Å²) >= 11 is 0. The summed E-state index contributed by atoms with van der Waals surface area (Å²) in [4.78, 5) is 27.7. The number of hydrogen-bond donors (Lipinski definition) is 1. The highest BCUT2D eigenvalue weighted by atomic mass is 16.5. The normalized spacial score (nSPS) is 29.8. The smallest absolute Gasteiger partial charge is 0.223 e. The molecule has 25 heavy (non-hydrogen) atoms. The Kier molecular flexibility index (Phi) is 6.86. The van der Waals surface area contributed by atoms with E-state index in [0.717, 1.165) is 51.7 Å². The van der Waals surface area contributed by atoms with Gasteiger partial charge in [0.15, 0.2) is 0 Å². The SMILES string of the molecule is COCCCC1(N(C)C)CCC2(CC1)CC(=O)N(CCCC(N)=O)C2. The molecule has 6 nitrogen and oxygen atoms in total. The van der Waals surface area contributed by atoms with Crippen molar-refractivity contribution in [1.29, 1.82) is 0 Å². The van der Waals surface area contributed by atoms with Gasteiger partial charge in [0.2, 0.25) is 11.8 Å². The first-order valence-corrected chi connectivity index (χ1v) is 9.55. The molecule has 2 N–H and O–H groups in total. The highest BCUT2D eigenvalue weighted by Crippen LogP contribution is 2.49. The van der Waals surface area contributed by atoms with Gasteiger partial charge in [-0.3, -0.25) is 9.59 Å². The number of primary amides is 1. The maximum Gasteiger partial charge on any atom is 0.223 e. The first kappa shape index (κ1) is 20.2. The van der Waals surface area contributed by atoms with Crippen molar-refractivity contribution in [1.82, 2.24) is 9.80 Å². The second kappa shape index (κ2) is 8.49. The molecule has 0 aromatic rings. The minimum Gasteiger partial charge on any atom is -0.385 e. The Morgan fingerprint density at radius 2 is 1.92 bits per heavy atom. The van der Waals surface area contributed by atoms with E-state index in [2.05, 4.69) is 19.0 Å². The standard InChI is InChI=1S/C19H35N3O3/c1-21(2)19(7-5-13-25-3)10-8-18(9-11-19)14-17(24)22(15-18)12-4-6-16(20)23/h4-15H2,1-3H3,(H2,20,23). The molecular formula is C19H35N3O3. The van der Waals surface area contributed by atoms with Crippen molar-refractivity contribution in [3.05, 3.63) is 0 Å². The summed E-state index contributed by atoms with van der Waals surface area (Å²) in [5.74, 6) is -0.0351. The molecule has 0 bridgehead atoms. The number of carbonyl (C=O) groups excluding carboxylic acids is 2. The Labute approximate surface area is 152 Å². The molecule has 2 amide bonds. The van der Waals surface area contributed by atoms with E-state index in [0.29, 0.717) is 25.8 Å². The van der Waals surface area contributed by atoms with Crippen molar-refractivity contribution in [3.8, 4) is 0 Å². The minimum atomic E-state index is -0.286. The van der Waals surface area contributed by atoms with Gasteiger partial charge >= 0.3 is 0 Å². The lowest BCUT2D eigenvalue weighted by atomic mass is 9.65. The molecule has 0 radical (unpaired) electrons. The monoisotopic (exact) mass is 353 g/mol. The number of ether oxygens (including phenoxy) is 1. The van der Waals surface area contributed by atoms with Gasteiger partial charge in [0.05, 0.1) is 0 Å². The molecule has 1 aliphatic carbocycles. The fraction of sp³-hybridized carbons (Fsp3) is 0.895. The largest absolute Gasteiger partial charge is 0.385 e. The summed E-state index contributed by atoms with van der Waals surface area (Å²) in [6.45, 7) is 2.33. The van der Waals surface area contributed by atoms with Crippen LogP contribution in [0.4, 0.5) is 0 Å². The van der Waals surface area contributed by atoms with Crippen LogP contribution in [0, 0.1) is 5.41 Å². The fourth-order valence-electron chi connectivity index (χ4n) is 4.68. The van der Waals surface area contributed by atoms with Crippen molar-refractivity contribution in [3.63, 3.8) is 0 Å². The Bertz CT molecular complexity index is 471. The van der Waals surface area contributed by atoms with Crippen LogP contribution in [0.25, 0.3) is 0 Å². The summed E-state index contributed by atoms with van der Waals surface area (Å²) < 4.78 is 5.23. The lowest BCUT2D eigenvalue weighted by Gasteiger charge is -2.48. The Morgan fingerprint density at radius 1 is 1.24 bits per heavy atom. The van der Waals surface area contributed by atoms with Crippen LogP contribution in [0.15, 0.2) is 0 Å². The van der Waals surface area contributed by atoms with Gasteiger partial charge in [-0.05, 0) is 64.5 Å². The minimum absolute atomic E-state index is 0.143. The zero-order valence-corrected chi connectivity index (χ0v) is 16.2. The van der Waals surface area contributed by atoms with Crippen molar-refractivity contribution in [2.45, 2.75) is 63.3 Å². The summed E-state index contributed by atoms with van der Waals surface area (Å²) in [6, 6.07) is 0. The molecule has 2 rings (SSSR count). The number of methoxy groups -OCH3 is 1. The average Bonchev–Trinajstić information content (AvgIpc) is 2.85. The molecule has 1 heterocycles. The van der Waals surface area contributed by atoms with Gasteiger partial charge < -0.3 is 20.3 Å². The highest BCUT2D eigenvalue weighted by Gasteiger charge is 2.49. The van der Waals surface area contributed by atoms with E-state index >= 15 is 0 Å². The quantitative estimate of drug-likeness (QED) is 0.641. The van der Waals surface area contributed by atoms with Gasteiger partial charge in [-0.1, -0.05) is 0 Å². The maximum absolute atomic E-state index is 12.4. The van der Waals surface area contributed by atoms with Crippen molar-refractivity contribution in [2.75, 3.05) is 40.9 Å². The summed E-state index contributed by atoms with van der Waals surface area (Å²) in [6.07, 6.45) is 8.45. The highest BCUT2D eigenvalue weighted by molar-refractivity contribution is 5.79. The number of rotatable bonds is 9. The van der Waals surface area contributed by atoms with Gasteiger partial charge in [-0.2, -0.15) is 0 Å². The summed E-state index contributed by atoms with van der Waals surface area (Å²) in [7, 11) is 6.12. The Balaban J connectivity index is 1.91. The lowest BCUT2D eigenvalue weighted by Crippen LogP contribution is -2.49. The number of hydrogen-bond acceptors (Lipinski definition) is 4. The van der Waals surface area contributed by atoms with Crippen molar-refractivity contribution >= 4 is 11.8 Å². The topological polar surface area (TPSA) is 75.9 Å². The van der Waals surface area contributed by atoms with Gasteiger partial charge in [-0.15, -0.1) is 0 Å². The molecule has 144 valence electrons. The second-order valence-corrected chi connectivity index (χ2v) is 8.28. The van der Waals surface area contributed by atoms with Crippen LogP contribution in [0.3, 0.4) is 0 Å². The molecule has 1 saturated carbocycles.